The van der Waals surface area contributed by atoms with Gasteiger partial charge in [-0.25, -0.2) is 8.91 Å². The number of amides is 1. The van der Waals surface area contributed by atoms with Crippen LogP contribution in [0.15, 0.2) is 71.9 Å². The van der Waals surface area contributed by atoms with Gasteiger partial charge in [-0.15, -0.1) is 0 Å². The SMILES string of the molecule is Cc1cc(-c2cccc(C(=O)N3CCC(O)(Cn4cnn5cccc5c4=O)CC3)c2)ccc1F. The van der Waals surface area contributed by atoms with Crippen molar-refractivity contribution in [3.63, 3.8) is 0 Å². The molecule has 7 nitrogen and oxygen atoms in total. The van der Waals surface area contributed by atoms with Crippen molar-refractivity contribution in [3.05, 3.63) is 94.4 Å². The zero-order valence-corrected chi connectivity index (χ0v) is 18.8. The summed E-state index contributed by atoms with van der Waals surface area (Å²) in [7, 11) is 0. The van der Waals surface area contributed by atoms with Crippen LogP contribution in [0.3, 0.4) is 0 Å². The third-order valence-electron chi connectivity index (χ3n) is 6.57. The van der Waals surface area contributed by atoms with E-state index in [-0.39, 0.29) is 23.8 Å². The van der Waals surface area contributed by atoms with Crippen LogP contribution in [0.4, 0.5) is 4.39 Å². The fraction of sp³-hybridized carbons (Fsp3) is 0.269. The highest BCUT2D eigenvalue weighted by Crippen LogP contribution is 2.27. The van der Waals surface area contributed by atoms with E-state index < -0.39 is 5.60 Å². The summed E-state index contributed by atoms with van der Waals surface area (Å²) < 4.78 is 16.6. The van der Waals surface area contributed by atoms with Gasteiger partial charge in [0.25, 0.3) is 11.5 Å². The summed E-state index contributed by atoms with van der Waals surface area (Å²) in [5.41, 5.74) is 1.94. The molecule has 0 bridgehead atoms. The van der Waals surface area contributed by atoms with E-state index in [2.05, 4.69) is 5.10 Å². The summed E-state index contributed by atoms with van der Waals surface area (Å²) in [5.74, 6) is -0.376. The molecule has 4 aromatic rings. The highest BCUT2D eigenvalue weighted by Gasteiger charge is 2.35. The second kappa shape index (κ2) is 8.53. The Bertz CT molecular complexity index is 1430. The van der Waals surface area contributed by atoms with Crippen LogP contribution in [0.5, 0.6) is 0 Å². The molecule has 1 aliphatic heterocycles. The number of aromatic nitrogens is 3. The van der Waals surface area contributed by atoms with Crippen molar-refractivity contribution in [1.82, 2.24) is 19.1 Å². The number of benzene rings is 2. The van der Waals surface area contributed by atoms with Gasteiger partial charge >= 0.3 is 0 Å². The van der Waals surface area contributed by atoms with Crippen molar-refractivity contribution in [2.24, 2.45) is 0 Å². The number of carbonyl (C=O) groups excluding carboxylic acids is 1. The molecule has 1 N–H and O–H groups in total. The number of aryl methyl sites for hydroxylation is 1. The first kappa shape index (κ1) is 22.0. The molecule has 0 saturated carbocycles. The maximum Gasteiger partial charge on any atom is 0.277 e. The monoisotopic (exact) mass is 460 g/mol. The Morgan fingerprint density at radius 3 is 2.62 bits per heavy atom. The molecule has 1 amide bonds. The van der Waals surface area contributed by atoms with E-state index >= 15 is 0 Å². The Morgan fingerprint density at radius 1 is 1.09 bits per heavy atom. The molecule has 174 valence electrons. The summed E-state index contributed by atoms with van der Waals surface area (Å²) in [4.78, 5) is 27.5. The van der Waals surface area contributed by atoms with E-state index in [1.54, 1.807) is 48.4 Å². The molecule has 1 aliphatic rings. The number of halogens is 1. The van der Waals surface area contributed by atoms with Crippen molar-refractivity contribution < 1.29 is 14.3 Å². The number of piperidine rings is 1. The third-order valence-corrected chi connectivity index (χ3v) is 6.57. The van der Waals surface area contributed by atoms with Crippen LogP contribution in [0.1, 0.15) is 28.8 Å². The molecular formula is C26H25FN4O3. The summed E-state index contributed by atoms with van der Waals surface area (Å²) >= 11 is 0. The summed E-state index contributed by atoms with van der Waals surface area (Å²) in [6.07, 6.45) is 3.85. The van der Waals surface area contributed by atoms with E-state index in [4.69, 9.17) is 0 Å². The van der Waals surface area contributed by atoms with Crippen LogP contribution in [-0.2, 0) is 6.54 Å². The predicted octanol–water partition coefficient (Wildman–Crippen LogP) is 3.28. The molecule has 0 radical (unpaired) electrons. The van der Waals surface area contributed by atoms with E-state index in [9.17, 15) is 19.1 Å². The van der Waals surface area contributed by atoms with Gasteiger partial charge in [0.05, 0.1) is 12.1 Å². The number of hydrogen-bond donors (Lipinski definition) is 1. The first-order chi connectivity index (χ1) is 16.3. The van der Waals surface area contributed by atoms with Crippen LogP contribution >= 0.6 is 0 Å². The van der Waals surface area contributed by atoms with Crippen LogP contribution in [0.25, 0.3) is 16.6 Å². The lowest BCUT2D eigenvalue weighted by molar-refractivity contribution is -0.0300. The van der Waals surface area contributed by atoms with Gasteiger partial charge in [-0.2, -0.15) is 5.10 Å². The number of nitrogens with zero attached hydrogens (tertiary/aromatic N) is 4. The number of carbonyl (C=O) groups is 1. The smallest absolute Gasteiger partial charge is 0.277 e. The molecular weight excluding hydrogens is 435 g/mol. The van der Waals surface area contributed by atoms with Gasteiger partial charge in [0.2, 0.25) is 0 Å². The maximum absolute atomic E-state index is 13.6. The highest BCUT2D eigenvalue weighted by molar-refractivity contribution is 5.95. The molecule has 0 atom stereocenters. The molecule has 2 aromatic carbocycles. The normalized spacial score (nSPS) is 15.6. The molecule has 0 unspecified atom stereocenters. The first-order valence-electron chi connectivity index (χ1n) is 11.2. The number of fused-ring (bicyclic) bond motifs is 1. The number of hydrogen-bond acceptors (Lipinski definition) is 4. The maximum atomic E-state index is 13.6. The van der Waals surface area contributed by atoms with Gasteiger partial charge in [0.1, 0.15) is 17.7 Å². The van der Waals surface area contributed by atoms with Gasteiger partial charge in [-0.1, -0.05) is 18.2 Å². The quantitative estimate of drug-likeness (QED) is 0.507. The fourth-order valence-electron chi connectivity index (χ4n) is 4.51. The molecule has 2 aromatic heterocycles. The minimum absolute atomic E-state index is 0.115. The van der Waals surface area contributed by atoms with Crippen LogP contribution in [0.2, 0.25) is 0 Å². The molecule has 1 saturated heterocycles. The van der Waals surface area contributed by atoms with Gasteiger partial charge in [-0.05, 0) is 72.9 Å². The lowest BCUT2D eigenvalue weighted by atomic mass is 9.90. The summed E-state index contributed by atoms with van der Waals surface area (Å²) in [6, 6.07) is 15.6. The zero-order chi connectivity index (χ0) is 23.9. The van der Waals surface area contributed by atoms with Gasteiger partial charge < -0.3 is 10.0 Å². The van der Waals surface area contributed by atoms with Gasteiger partial charge in [0.15, 0.2) is 0 Å². The van der Waals surface area contributed by atoms with E-state index in [1.807, 2.05) is 18.2 Å². The zero-order valence-electron chi connectivity index (χ0n) is 18.8. The Kier molecular flexibility index (Phi) is 5.53. The van der Waals surface area contributed by atoms with Gasteiger partial charge in [-0.3, -0.25) is 14.2 Å². The molecule has 5 rings (SSSR count). The average molecular weight is 461 g/mol. The Morgan fingerprint density at radius 2 is 1.85 bits per heavy atom. The average Bonchev–Trinajstić information content (AvgIpc) is 3.33. The van der Waals surface area contributed by atoms with Crippen molar-refractivity contribution in [1.29, 1.82) is 0 Å². The second-order valence-electron chi connectivity index (χ2n) is 8.96. The van der Waals surface area contributed by atoms with Crippen molar-refractivity contribution in [2.75, 3.05) is 13.1 Å². The van der Waals surface area contributed by atoms with Crippen LogP contribution in [0, 0.1) is 12.7 Å². The molecule has 8 heteroatoms. The minimum atomic E-state index is -1.10. The van der Waals surface area contributed by atoms with Gasteiger partial charge in [0, 0.05) is 24.8 Å². The first-order valence-corrected chi connectivity index (χ1v) is 11.2. The van der Waals surface area contributed by atoms with E-state index in [0.29, 0.717) is 42.6 Å². The fourth-order valence-corrected chi connectivity index (χ4v) is 4.51. The minimum Gasteiger partial charge on any atom is -0.388 e. The lowest BCUT2D eigenvalue weighted by Gasteiger charge is -2.38. The molecule has 3 heterocycles. The van der Waals surface area contributed by atoms with Crippen molar-refractivity contribution in [3.8, 4) is 11.1 Å². The highest BCUT2D eigenvalue weighted by atomic mass is 19.1. The number of aliphatic hydroxyl groups is 1. The topological polar surface area (TPSA) is 79.8 Å². The predicted molar refractivity (Wildman–Crippen MR) is 126 cm³/mol. The largest absolute Gasteiger partial charge is 0.388 e. The third kappa shape index (κ3) is 4.12. The van der Waals surface area contributed by atoms with Crippen molar-refractivity contribution >= 4 is 11.4 Å². The summed E-state index contributed by atoms with van der Waals surface area (Å²) in [6.45, 7) is 2.60. The summed E-state index contributed by atoms with van der Waals surface area (Å²) in [5, 5.41) is 15.3. The van der Waals surface area contributed by atoms with E-state index in [0.717, 1.165) is 11.1 Å². The Hall–Kier alpha value is -3.78. The Balaban J connectivity index is 1.28. The van der Waals surface area contributed by atoms with E-state index in [1.165, 1.54) is 21.5 Å². The van der Waals surface area contributed by atoms with Crippen LogP contribution < -0.4 is 5.56 Å². The van der Waals surface area contributed by atoms with Crippen molar-refractivity contribution in [2.45, 2.75) is 31.9 Å². The lowest BCUT2D eigenvalue weighted by Crippen LogP contribution is -2.49. The Labute approximate surface area is 195 Å². The second-order valence-corrected chi connectivity index (χ2v) is 8.96. The molecule has 0 aliphatic carbocycles. The molecule has 0 spiro atoms. The molecule has 1 fully saturated rings. The number of rotatable bonds is 4. The standard InChI is InChI=1S/C26H25FN4O3/c1-18-14-20(7-8-22(18)27)19-4-2-5-21(15-19)24(32)29-12-9-26(34,10-13-29)16-30-17-28-31-11-3-6-23(31)25(30)33/h2-8,11,14-15,17,34H,9-10,12-13,16H2,1H3. The number of likely N-dealkylation sites (tertiary alicyclic amines) is 1. The molecule has 34 heavy (non-hydrogen) atoms. The van der Waals surface area contributed by atoms with Crippen LogP contribution in [-0.4, -0.2) is 48.8 Å².